The molecule has 8 heavy (non-hydrogen) atoms. The van der Waals surface area contributed by atoms with Crippen LogP contribution in [-0.2, 0) is 14.4 Å². The second-order valence-electron chi connectivity index (χ2n) is 0.973. The van der Waals surface area contributed by atoms with Crippen LogP contribution in [0.2, 0.25) is 0 Å². The third kappa shape index (κ3) is 4.81. The number of carbonyl (C=O) groups is 2. The van der Waals surface area contributed by atoms with Crippen LogP contribution in [0.25, 0.3) is 0 Å². The Kier molecular flexibility index (Phi) is 3.39. The van der Waals surface area contributed by atoms with E-state index >= 15 is 0 Å². The molecule has 0 unspecified atom stereocenters. The summed E-state index contributed by atoms with van der Waals surface area (Å²) in [5, 5.41) is 2.95. The van der Waals surface area contributed by atoms with Crippen molar-refractivity contribution in [2.75, 3.05) is 0 Å². The van der Waals surface area contributed by atoms with E-state index in [0.717, 1.165) is 6.21 Å². The Morgan fingerprint density at radius 3 is 2.75 bits per heavy atom. The van der Waals surface area contributed by atoms with Crippen molar-refractivity contribution in [1.82, 2.24) is 0 Å². The Morgan fingerprint density at radius 2 is 2.38 bits per heavy atom. The zero-order valence-electron chi connectivity index (χ0n) is 4.33. The van der Waals surface area contributed by atoms with Gasteiger partial charge in [0.05, 0.1) is 0 Å². The van der Waals surface area contributed by atoms with Gasteiger partial charge in [-0.15, -0.1) is 0 Å². The van der Waals surface area contributed by atoms with Crippen molar-refractivity contribution in [3.05, 3.63) is 0 Å². The fourth-order valence-corrected chi connectivity index (χ4v) is 0.129. The quantitative estimate of drug-likeness (QED) is 0.215. The molecule has 0 aromatic carbocycles. The summed E-state index contributed by atoms with van der Waals surface area (Å²) < 4.78 is 0. The molecular formula is C4H5NO3. The first-order valence-electron chi connectivity index (χ1n) is 1.92. The molecule has 0 amide bonds. The summed E-state index contributed by atoms with van der Waals surface area (Å²) in [6, 6.07) is 0. The Morgan fingerprint density at radius 1 is 1.75 bits per heavy atom. The van der Waals surface area contributed by atoms with E-state index < -0.39 is 5.97 Å². The van der Waals surface area contributed by atoms with Gasteiger partial charge in [0.15, 0.2) is 6.29 Å². The highest BCUT2D eigenvalue weighted by atomic mass is 16.7. The van der Waals surface area contributed by atoms with E-state index in [1.165, 1.54) is 6.92 Å². The average molecular weight is 115 g/mol. The van der Waals surface area contributed by atoms with Gasteiger partial charge in [0.2, 0.25) is 0 Å². The number of oxime groups is 1. The normalized spacial score (nSPS) is 9.12. The van der Waals surface area contributed by atoms with E-state index in [1.807, 2.05) is 0 Å². The molecule has 0 saturated carbocycles. The number of hydrogen-bond donors (Lipinski definition) is 0. The van der Waals surface area contributed by atoms with Crippen molar-refractivity contribution in [3.63, 3.8) is 0 Å². The molecule has 44 valence electrons. The molecule has 0 N–H and O–H groups in total. The van der Waals surface area contributed by atoms with Crippen LogP contribution < -0.4 is 0 Å². The fourth-order valence-electron chi connectivity index (χ4n) is 0.129. The van der Waals surface area contributed by atoms with Crippen LogP contribution in [0, 0.1) is 0 Å². The van der Waals surface area contributed by atoms with Gasteiger partial charge in [-0.1, -0.05) is 5.16 Å². The van der Waals surface area contributed by atoms with Gasteiger partial charge in [-0.05, 0) is 0 Å². The van der Waals surface area contributed by atoms with Crippen molar-refractivity contribution < 1.29 is 14.4 Å². The van der Waals surface area contributed by atoms with Crippen LogP contribution in [0.3, 0.4) is 0 Å². The molecule has 0 spiro atoms. The maximum Gasteiger partial charge on any atom is 0.331 e. The molecule has 0 aromatic heterocycles. The van der Waals surface area contributed by atoms with Gasteiger partial charge >= 0.3 is 5.97 Å². The third-order valence-corrected chi connectivity index (χ3v) is 0.303. The number of rotatable bonds is 2. The van der Waals surface area contributed by atoms with Gasteiger partial charge in [0.1, 0.15) is 6.21 Å². The highest BCUT2D eigenvalue weighted by Crippen LogP contribution is 1.71. The first kappa shape index (κ1) is 6.81. The minimum Gasteiger partial charge on any atom is -0.319 e. The third-order valence-electron chi connectivity index (χ3n) is 0.303. The SMILES string of the molecule is CC(=O)ON=CC=O. The zero-order chi connectivity index (χ0) is 6.41. The summed E-state index contributed by atoms with van der Waals surface area (Å²) >= 11 is 0. The monoisotopic (exact) mass is 115 g/mol. The molecule has 0 atom stereocenters. The molecule has 0 aliphatic carbocycles. The summed E-state index contributed by atoms with van der Waals surface area (Å²) in [5.41, 5.74) is 0. The maximum absolute atomic E-state index is 9.87. The Labute approximate surface area is 46.1 Å². The van der Waals surface area contributed by atoms with E-state index in [9.17, 15) is 9.59 Å². The highest BCUT2D eigenvalue weighted by molar-refractivity contribution is 6.12. The van der Waals surface area contributed by atoms with Crippen molar-refractivity contribution in [3.8, 4) is 0 Å². The van der Waals surface area contributed by atoms with Gasteiger partial charge in [0.25, 0.3) is 0 Å². The second kappa shape index (κ2) is 3.98. The molecule has 0 rings (SSSR count). The lowest BCUT2D eigenvalue weighted by molar-refractivity contribution is -0.140. The first-order valence-corrected chi connectivity index (χ1v) is 1.92. The largest absolute Gasteiger partial charge is 0.331 e. The van der Waals surface area contributed by atoms with Crippen molar-refractivity contribution >= 4 is 18.5 Å². The number of hydrogen-bond acceptors (Lipinski definition) is 4. The van der Waals surface area contributed by atoms with E-state index in [0.29, 0.717) is 6.29 Å². The minimum atomic E-state index is -0.539. The average Bonchev–Trinajstić information content (AvgIpc) is 1.66. The number of aldehydes is 1. The van der Waals surface area contributed by atoms with Crippen LogP contribution in [0.4, 0.5) is 0 Å². The van der Waals surface area contributed by atoms with Crippen molar-refractivity contribution in [1.29, 1.82) is 0 Å². The van der Waals surface area contributed by atoms with Gasteiger partial charge in [-0.25, -0.2) is 4.79 Å². The lowest BCUT2D eigenvalue weighted by atomic mass is 10.8. The molecule has 4 nitrogen and oxygen atoms in total. The number of carbonyl (C=O) groups excluding carboxylic acids is 2. The van der Waals surface area contributed by atoms with E-state index in [-0.39, 0.29) is 0 Å². The van der Waals surface area contributed by atoms with Gasteiger partial charge in [0, 0.05) is 6.92 Å². The highest BCUT2D eigenvalue weighted by Gasteiger charge is 1.83. The molecule has 0 bridgehead atoms. The Hall–Kier alpha value is -1.19. The molecule has 0 heterocycles. The molecule has 0 aromatic rings. The standard InChI is InChI=1S/C4H5NO3/c1-4(7)8-5-2-3-6/h2-3H,1H3. The van der Waals surface area contributed by atoms with Gasteiger partial charge < -0.3 is 4.84 Å². The van der Waals surface area contributed by atoms with Crippen LogP contribution in [0.1, 0.15) is 6.92 Å². The molecule has 0 saturated heterocycles. The second-order valence-corrected chi connectivity index (χ2v) is 0.973. The Bertz CT molecular complexity index is 118. The lowest BCUT2D eigenvalue weighted by Crippen LogP contribution is -1.90. The van der Waals surface area contributed by atoms with E-state index in [2.05, 4.69) is 9.99 Å². The summed E-state index contributed by atoms with van der Waals surface area (Å²) in [7, 11) is 0. The Balaban J connectivity index is 3.29. The molecule has 0 radical (unpaired) electrons. The predicted octanol–water partition coefficient (Wildman–Crippen LogP) is -0.266. The molecule has 0 fully saturated rings. The van der Waals surface area contributed by atoms with Crippen LogP contribution >= 0.6 is 0 Å². The van der Waals surface area contributed by atoms with E-state index in [1.54, 1.807) is 0 Å². The first-order chi connectivity index (χ1) is 3.77. The predicted molar refractivity (Wildman–Crippen MR) is 26.3 cm³/mol. The minimum absolute atomic E-state index is 0.420. The number of nitrogens with zero attached hydrogens (tertiary/aromatic N) is 1. The maximum atomic E-state index is 9.87. The summed E-state index contributed by atoms with van der Waals surface area (Å²) in [6.07, 6.45) is 1.27. The lowest BCUT2D eigenvalue weighted by Gasteiger charge is -1.82. The molecular weight excluding hydrogens is 110 g/mol. The fraction of sp³-hybridized carbons (Fsp3) is 0.250. The van der Waals surface area contributed by atoms with Crippen LogP contribution in [-0.4, -0.2) is 18.5 Å². The summed E-state index contributed by atoms with van der Waals surface area (Å²) in [6.45, 7) is 1.20. The summed E-state index contributed by atoms with van der Waals surface area (Å²) in [5.74, 6) is -0.539. The molecule has 0 aliphatic rings. The van der Waals surface area contributed by atoms with Crippen LogP contribution in [0.15, 0.2) is 5.16 Å². The van der Waals surface area contributed by atoms with Crippen molar-refractivity contribution in [2.24, 2.45) is 5.16 Å². The van der Waals surface area contributed by atoms with Crippen LogP contribution in [0.5, 0.6) is 0 Å². The van der Waals surface area contributed by atoms with Gasteiger partial charge in [-0.2, -0.15) is 0 Å². The van der Waals surface area contributed by atoms with Gasteiger partial charge in [-0.3, -0.25) is 4.79 Å². The zero-order valence-corrected chi connectivity index (χ0v) is 4.33. The van der Waals surface area contributed by atoms with Crippen molar-refractivity contribution in [2.45, 2.75) is 6.92 Å². The summed E-state index contributed by atoms with van der Waals surface area (Å²) in [4.78, 5) is 23.3. The molecule has 0 aliphatic heterocycles. The van der Waals surface area contributed by atoms with E-state index in [4.69, 9.17) is 0 Å². The topological polar surface area (TPSA) is 55.7 Å². The molecule has 4 heteroatoms. The smallest absolute Gasteiger partial charge is 0.319 e.